The van der Waals surface area contributed by atoms with Crippen molar-refractivity contribution in [3.05, 3.63) is 0 Å². The SMILES string of the molecule is CC(C(=O)O)C(C(=O)O)C(C(=O)O)P(C)(=O)C(C(=O)O)C(C(=O)O)C(C)C(=O)O.[V]. The topological polar surface area (TPSA) is 241 Å². The van der Waals surface area contributed by atoms with E-state index in [1.807, 2.05) is 0 Å². The van der Waals surface area contributed by atoms with Crippen molar-refractivity contribution in [2.75, 3.05) is 6.66 Å². The Hall–Kier alpha value is -2.37. The fourth-order valence-corrected chi connectivity index (χ4v) is 6.38. The van der Waals surface area contributed by atoms with Crippen LogP contribution in [-0.2, 0) is 51.9 Å². The summed E-state index contributed by atoms with van der Waals surface area (Å²) in [5, 5.41) is 55.8. The number of carboxylic acids is 6. The van der Waals surface area contributed by atoms with Gasteiger partial charge in [0, 0.05) is 18.6 Å². The Morgan fingerprint density at radius 1 is 0.567 bits per heavy atom. The molecule has 13 nitrogen and oxygen atoms in total. The molecule has 6 unspecified atom stereocenters. The van der Waals surface area contributed by atoms with Crippen molar-refractivity contribution >= 4 is 43.0 Å². The van der Waals surface area contributed by atoms with E-state index in [1.54, 1.807) is 0 Å². The molecule has 0 aliphatic heterocycles. The maximum atomic E-state index is 13.4. The van der Waals surface area contributed by atoms with Crippen LogP contribution < -0.4 is 0 Å². The van der Waals surface area contributed by atoms with E-state index in [4.69, 9.17) is 10.2 Å². The summed E-state index contributed by atoms with van der Waals surface area (Å²) in [6, 6.07) is 0. The molecule has 0 bridgehead atoms. The number of hydrogen-bond donors (Lipinski definition) is 6. The molecule has 0 aromatic heterocycles. The summed E-state index contributed by atoms with van der Waals surface area (Å²) < 4.78 is 13.4. The van der Waals surface area contributed by atoms with Gasteiger partial charge in [0.05, 0.1) is 23.7 Å². The van der Waals surface area contributed by atoms with Crippen LogP contribution in [0.5, 0.6) is 0 Å². The van der Waals surface area contributed by atoms with E-state index in [1.165, 1.54) is 0 Å². The maximum absolute atomic E-state index is 13.4. The standard InChI is InChI=1S/C15H21O13P.V/c1-4(10(16)17)6(12(20)21)8(14(24)25)29(3,28)9(15(26)27)7(13(22)23)5(2)11(18)19;/h4-9H,1-3H3,(H,16,17)(H,18,19)(H,20,21)(H,22,23)(H,24,25)(H,26,27);. The second-order valence-corrected chi connectivity index (χ2v) is 9.84. The molecule has 15 heteroatoms. The number of rotatable bonds is 12. The summed E-state index contributed by atoms with van der Waals surface area (Å²) >= 11 is 0. The van der Waals surface area contributed by atoms with Gasteiger partial charge in [-0.1, -0.05) is 13.8 Å². The van der Waals surface area contributed by atoms with Crippen LogP contribution in [0.4, 0.5) is 0 Å². The number of carbonyl (C=O) groups is 6. The van der Waals surface area contributed by atoms with E-state index in [0.29, 0.717) is 6.66 Å². The second-order valence-electron chi connectivity index (χ2n) is 6.61. The fourth-order valence-electron chi connectivity index (χ4n) is 3.11. The van der Waals surface area contributed by atoms with E-state index in [9.17, 15) is 53.8 Å². The first-order chi connectivity index (χ1) is 13.0. The zero-order valence-electron chi connectivity index (χ0n) is 15.9. The molecule has 0 amide bonds. The van der Waals surface area contributed by atoms with Crippen LogP contribution in [0.2, 0.25) is 0 Å². The molecule has 0 fully saturated rings. The first kappa shape index (κ1) is 29.8. The van der Waals surface area contributed by atoms with Gasteiger partial charge in [-0.05, 0) is 6.66 Å². The average Bonchev–Trinajstić information content (AvgIpc) is 2.53. The summed E-state index contributed by atoms with van der Waals surface area (Å²) in [6.45, 7) is 2.14. The van der Waals surface area contributed by atoms with E-state index in [2.05, 4.69) is 0 Å². The van der Waals surface area contributed by atoms with Crippen LogP contribution in [0.3, 0.4) is 0 Å². The number of hydrogen-bond acceptors (Lipinski definition) is 7. The first-order valence-corrected chi connectivity index (χ1v) is 10.2. The minimum atomic E-state index is -4.92. The molecule has 0 aromatic carbocycles. The normalized spacial score (nSPS) is 18.8. The fraction of sp³-hybridized carbons (Fsp3) is 0.600. The van der Waals surface area contributed by atoms with Crippen molar-refractivity contribution in [2.24, 2.45) is 23.7 Å². The van der Waals surface area contributed by atoms with E-state index >= 15 is 0 Å². The molecule has 0 aliphatic carbocycles. The van der Waals surface area contributed by atoms with Crippen LogP contribution in [0, 0.1) is 23.7 Å². The molecule has 0 aromatic rings. The van der Waals surface area contributed by atoms with Gasteiger partial charge in [0.1, 0.15) is 18.5 Å². The van der Waals surface area contributed by atoms with E-state index in [0.717, 1.165) is 13.8 Å². The molecule has 6 N–H and O–H groups in total. The Morgan fingerprint density at radius 2 is 0.800 bits per heavy atom. The average molecular weight is 491 g/mol. The molecule has 0 saturated heterocycles. The van der Waals surface area contributed by atoms with Gasteiger partial charge >= 0.3 is 35.8 Å². The van der Waals surface area contributed by atoms with Gasteiger partial charge in [-0.3, -0.25) is 28.8 Å². The van der Waals surface area contributed by atoms with Crippen LogP contribution in [0.25, 0.3) is 0 Å². The molecule has 169 valence electrons. The molecule has 0 spiro atoms. The molecular formula is C15H21O13PV. The predicted octanol–water partition coefficient (Wildman–Crippen LogP) is -0.274. The first-order valence-electron chi connectivity index (χ1n) is 7.93. The van der Waals surface area contributed by atoms with Crippen molar-refractivity contribution in [3.8, 4) is 0 Å². The molecule has 0 heterocycles. The molecule has 0 rings (SSSR count). The van der Waals surface area contributed by atoms with Gasteiger partial charge in [-0.2, -0.15) is 0 Å². The third kappa shape index (κ3) is 6.31. The second kappa shape index (κ2) is 11.1. The summed E-state index contributed by atoms with van der Waals surface area (Å²) in [4.78, 5) is 69.1. The Bertz CT molecular complexity index is 718. The van der Waals surface area contributed by atoms with Crippen molar-refractivity contribution in [1.82, 2.24) is 0 Å². The Labute approximate surface area is 181 Å². The molecule has 30 heavy (non-hydrogen) atoms. The van der Waals surface area contributed by atoms with Gasteiger partial charge in [0.15, 0.2) is 0 Å². The van der Waals surface area contributed by atoms with Gasteiger partial charge in [-0.25, -0.2) is 0 Å². The van der Waals surface area contributed by atoms with Crippen LogP contribution in [0.15, 0.2) is 0 Å². The summed E-state index contributed by atoms with van der Waals surface area (Å²) in [5.74, 6) is -20.4. The van der Waals surface area contributed by atoms with Gasteiger partial charge in [0.2, 0.25) is 0 Å². The maximum Gasteiger partial charge on any atom is 0.314 e. The number of carboxylic acid groups (broad SMARTS) is 6. The van der Waals surface area contributed by atoms with Gasteiger partial charge in [-0.15, -0.1) is 0 Å². The minimum absolute atomic E-state index is 0. The predicted molar refractivity (Wildman–Crippen MR) is 92.2 cm³/mol. The Balaban J connectivity index is 0. The summed E-state index contributed by atoms with van der Waals surface area (Å²) in [6.07, 6.45) is 0. The van der Waals surface area contributed by atoms with Gasteiger partial charge in [0.25, 0.3) is 0 Å². The molecule has 1 radical (unpaired) electrons. The molecule has 0 saturated carbocycles. The molecule has 0 aliphatic rings. The van der Waals surface area contributed by atoms with E-state index in [-0.39, 0.29) is 18.6 Å². The van der Waals surface area contributed by atoms with Crippen LogP contribution in [0.1, 0.15) is 13.8 Å². The van der Waals surface area contributed by atoms with Crippen LogP contribution in [-0.4, -0.2) is 84.4 Å². The Kier molecular flexibility index (Phi) is 11.1. The number of aliphatic carboxylic acids is 6. The molecule has 6 atom stereocenters. The minimum Gasteiger partial charge on any atom is -0.481 e. The van der Waals surface area contributed by atoms with Crippen molar-refractivity contribution in [2.45, 2.75) is 25.2 Å². The third-order valence-electron chi connectivity index (χ3n) is 4.72. The van der Waals surface area contributed by atoms with Crippen molar-refractivity contribution in [1.29, 1.82) is 0 Å². The van der Waals surface area contributed by atoms with Crippen molar-refractivity contribution < 1.29 is 82.5 Å². The quantitative estimate of drug-likeness (QED) is 0.193. The third-order valence-corrected chi connectivity index (χ3v) is 8.01. The van der Waals surface area contributed by atoms with Gasteiger partial charge < -0.3 is 35.2 Å². The van der Waals surface area contributed by atoms with E-state index < -0.39 is 77.9 Å². The zero-order valence-corrected chi connectivity index (χ0v) is 18.2. The smallest absolute Gasteiger partial charge is 0.314 e. The van der Waals surface area contributed by atoms with Crippen LogP contribution >= 0.6 is 7.14 Å². The van der Waals surface area contributed by atoms with Crippen molar-refractivity contribution in [3.63, 3.8) is 0 Å². The Morgan fingerprint density at radius 3 is 0.933 bits per heavy atom. The molecular weight excluding hydrogens is 470 g/mol. The monoisotopic (exact) mass is 491 g/mol. The summed E-state index contributed by atoms with van der Waals surface area (Å²) in [7, 11) is -4.92. The zero-order chi connectivity index (χ0) is 23.4. The summed E-state index contributed by atoms with van der Waals surface area (Å²) in [5.41, 5.74) is -5.20. The largest absolute Gasteiger partial charge is 0.481 e.